The molecule has 0 saturated carbocycles. The van der Waals surface area contributed by atoms with Crippen molar-refractivity contribution in [3.63, 3.8) is 0 Å². The number of aliphatic hydroxyl groups excluding tert-OH is 1. The standard InChI is InChI=1S/C26H23NO6S/c1-17(2)16-33-34(31,32)20-13-14-22-21(15-20)23(24(28)18-9-5-3-6-10-18)26(30)27(22)25(29)19-11-7-4-8-12-19/h3-15,17,28H,16H2,1-2H3/b24-23-. The first-order valence-electron chi connectivity index (χ1n) is 10.7. The lowest BCUT2D eigenvalue weighted by molar-refractivity contribution is -0.112. The van der Waals surface area contributed by atoms with E-state index in [-0.39, 0.29) is 45.6 Å². The van der Waals surface area contributed by atoms with Gasteiger partial charge in [0.2, 0.25) is 0 Å². The number of hydrogen-bond acceptors (Lipinski definition) is 6. The number of carbonyl (C=O) groups is 2. The van der Waals surface area contributed by atoms with E-state index in [4.69, 9.17) is 4.18 Å². The van der Waals surface area contributed by atoms with Crippen molar-refractivity contribution in [1.29, 1.82) is 0 Å². The SMILES string of the molecule is CC(C)COS(=O)(=O)c1ccc2c(c1)/C(=C(/O)c1ccccc1)C(=O)N2C(=O)c1ccccc1. The first-order chi connectivity index (χ1) is 16.2. The van der Waals surface area contributed by atoms with Gasteiger partial charge in [-0.05, 0) is 36.2 Å². The summed E-state index contributed by atoms with van der Waals surface area (Å²) < 4.78 is 30.6. The Balaban J connectivity index is 1.89. The second kappa shape index (κ2) is 9.24. The summed E-state index contributed by atoms with van der Waals surface area (Å²) in [6.45, 7) is 3.64. The van der Waals surface area contributed by atoms with Crippen LogP contribution in [-0.4, -0.2) is 31.9 Å². The maximum atomic E-state index is 13.5. The van der Waals surface area contributed by atoms with Crippen LogP contribution in [0.1, 0.15) is 35.3 Å². The van der Waals surface area contributed by atoms with E-state index < -0.39 is 21.9 Å². The molecule has 0 spiro atoms. The largest absolute Gasteiger partial charge is 0.506 e. The average Bonchev–Trinajstić information content (AvgIpc) is 3.14. The maximum Gasteiger partial charge on any atom is 0.297 e. The zero-order chi connectivity index (χ0) is 24.5. The molecular formula is C26H23NO6S. The van der Waals surface area contributed by atoms with Crippen molar-refractivity contribution < 1.29 is 27.3 Å². The van der Waals surface area contributed by atoms with Gasteiger partial charge in [0.15, 0.2) is 0 Å². The topological polar surface area (TPSA) is 101 Å². The molecule has 0 unspecified atom stereocenters. The number of imide groups is 1. The lowest BCUT2D eigenvalue weighted by Gasteiger charge is -2.15. The molecule has 0 saturated heterocycles. The van der Waals surface area contributed by atoms with Crippen LogP contribution in [0.4, 0.5) is 5.69 Å². The molecule has 2 amide bonds. The summed E-state index contributed by atoms with van der Waals surface area (Å²) in [7, 11) is -4.12. The molecule has 0 fully saturated rings. The second-order valence-electron chi connectivity index (χ2n) is 8.21. The van der Waals surface area contributed by atoms with Crippen LogP contribution >= 0.6 is 0 Å². The van der Waals surface area contributed by atoms with Gasteiger partial charge in [-0.15, -0.1) is 0 Å². The average molecular weight is 478 g/mol. The summed E-state index contributed by atoms with van der Waals surface area (Å²) in [5, 5.41) is 11.0. The van der Waals surface area contributed by atoms with Crippen LogP contribution in [-0.2, 0) is 19.1 Å². The number of anilines is 1. The summed E-state index contributed by atoms with van der Waals surface area (Å²) in [5.41, 5.74) is 0.782. The number of aliphatic hydroxyl groups is 1. The van der Waals surface area contributed by atoms with E-state index in [9.17, 15) is 23.1 Å². The molecule has 3 aromatic carbocycles. The van der Waals surface area contributed by atoms with Crippen molar-refractivity contribution in [3.8, 4) is 0 Å². The van der Waals surface area contributed by atoms with Gasteiger partial charge in [-0.2, -0.15) is 8.42 Å². The smallest absolute Gasteiger partial charge is 0.297 e. The Kier molecular flexibility index (Phi) is 6.37. The molecule has 34 heavy (non-hydrogen) atoms. The van der Waals surface area contributed by atoms with Crippen LogP contribution in [0.2, 0.25) is 0 Å². The van der Waals surface area contributed by atoms with Gasteiger partial charge in [0.05, 0.1) is 22.8 Å². The zero-order valence-corrected chi connectivity index (χ0v) is 19.5. The van der Waals surface area contributed by atoms with Crippen LogP contribution < -0.4 is 4.90 Å². The highest BCUT2D eigenvalue weighted by Gasteiger charge is 2.40. The van der Waals surface area contributed by atoms with E-state index in [0.29, 0.717) is 5.56 Å². The number of nitrogens with zero attached hydrogens (tertiary/aromatic N) is 1. The summed E-state index contributed by atoms with van der Waals surface area (Å²) in [6, 6.07) is 20.6. The first-order valence-corrected chi connectivity index (χ1v) is 12.1. The van der Waals surface area contributed by atoms with E-state index in [0.717, 1.165) is 4.90 Å². The third-order valence-electron chi connectivity index (χ3n) is 5.25. The lowest BCUT2D eigenvalue weighted by atomic mass is 10.0. The van der Waals surface area contributed by atoms with Crippen molar-refractivity contribution >= 4 is 39.0 Å². The fourth-order valence-electron chi connectivity index (χ4n) is 3.58. The van der Waals surface area contributed by atoms with Crippen molar-refractivity contribution in [2.24, 2.45) is 5.92 Å². The second-order valence-corrected chi connectivity index (χ2v) is 9.83. The zero-order valence-electron chi connectivity index (χ0n) is 18.6. The summed E-state index contributed by atoms with van der Waals surface area (Å²) in [4.78, 5) is 27.5. The molecule has 7 nitrogen and oxygen atoms in total. The van der Waals surface area contributed by atoms with Crippen LogP contribution in [0.25, 0.3) is 11.3 Å². The van der Waals surface area contributed by atoms with Crippen molar-refractivity contribution in [2.75, 3.05) is 11.5 Å². The van der Waals surface area contributed by atoms with Crippen LogP contribution in [0.5, 0.6) is 0 Å². The van der Waals surface area contributed by atoms with E-state index in [1.54, 1.807) is 60.7 Å². The minimum Gasteiger partial charge on any atom is -0.506 e. The Labute approximate surface area is 198 Å². The molecule has 1 N–H and O–H groups in total. The van der Waals surface area contributed by atoms with Crippen LogP contribution in [0, 0.1) is 5.92 Å². The Morgan fingerprint density at radius 2 is 1.53 bits per heavy atom. The molecule has 1 aliphatic heterocycles. The first kappa shape index (κ1) is 23.4. The molecule has 0 aliphatic carbocycles. The van der Waals surface area contributed by atoms with E-state index >= 15 is 0 Å². The lowest BCUT2D eigenvalue weighted by Crippen LogP contribution is -2.33. The monoisotopic (exact) mass is 477 g/mol. The quantitative estimate of drug-likeness (QED) is 0.240. The summed E-state index contributed by atoms with van der Waals surface area (Å²) in [5.74, 6) is -1.70. The van der Waals surface area contributed by atoms with Gasteiger partial charge in [-0.1, -0.05) is 62.4 Å². The predicted molar refractivity (Wildman–Crippen MR) is 129 cm³/mol. The number of amides is 2. The Bertz CT molecular complexity index is 1380. The molecule has 0 aromatic heterocycles. The number of carbonyl (C=O) groups excluding carboxylic acids is 2. The summed E-state index contributed by atoms with van der Waals surface area (Å²) >= 11 is 0. The van der Waals surface area contributed by atoms with Crippen LogP contribution in [0.3, 0.4) is 0 Å². The fraction of sp³-hybridized carbons (Fsp3) is 0.154. The van der Waals surface area contributed by atoms with E-state index in [1.165, 1.54) is 18.2 Å². The number of hydrogen-bond donors (Lipinski definition) is 1. The maximum absolute atomic E-state index is 13.5. The molecule has 1 aliphatic rings. The molecule has 0 atom stereocenters. The van der Waals surface area contributed by atoms with Crippen LogP contribution in [0.15, 0.2) is 83.8 Å². The molecule has 0 radical (unpaired) electrons. The van der Waals surface area contributed by atoms with Gasteiger partial charge in [0.25, 0.3) is 21.9 Å². The molecule has 174 valence electrons. The van der Waals surface area contributed by atoms with Gasteiger partial charge in [0.1, 0.15) is 5.76 Å². The minimum absolute atomic E-state index is 0.00503. The van der Waals surface area contributed by atoms with Crippen molar-refractivity contribution in [2.45, 2.75) is 18.7 Å². The molecular weight excluding hydrogens is 454 g/mol. The molecule has 1 heterocycles. The third kappa shape index (κ3) is 4.37. The number of rotatable bonds is 6. The van der Waals surface area contributed by atoms with E-state index in [1.807, 2.05) is 13.8 Å². The Morgan fingerprint density at radius 3 is 2.12 bits per heavy atom. The van der Waals surface area contributed by atoms with Gasteiger partial charge in [-0.3, -0.25) is 13.8 Å². The highest BCUT2D eigenvalue weighted by atomic mass is 32.2. The minimum atomic E-state index is -4.12. The van der Waals surface area contributed by atoms with Crippen molar-refractivity contribution in [3.05, 3.63) is 95.6 Å². The summed E-state index contributed by atoms with van der Waals surface area (Å²) in [6.07, 6.45) is 0. The molecule has 0 bridgehead atoms. The predicted octanol–water partition coefficient (Wildman–Crippen LogP) is 4.66. The van der Waals surface area contributed by atoms with E-state index in [2.05, 4.69) is 0 Å². The fourth-order valence-corrected chi connectivity index (χ4v) is 4.66. The normalized spacial score (nSPS) is 14.9. The van der Waals surface area contributed by atoms with Gasteiger partial charge in [0, 0.05) is 16.7 Å². The number of fused-ring (bicyclic) bond motifs is 1. The Hall–Kier alpha value is -3.75. The van der Waals surface area contributed by atoms with Gasteiger partial charge >= 0.3 is 0 Å². The molecule has 3 aromatic rings. The van der Waals surface area contributed by atoms with Gasteiger partial charge < -0.3 is 5.11 Å². The Morgan fingerprint density at radius 1 is 0.941 bits per heavy atom. The third-order valence-corrected chi connectivity index (χ3v) is 6.53. The van der Waals surface area contributed by atoms with Gasteiger partial charge in [-0.25, -0.2) is 4.90 Å². The highest BCUT2D eigenvalue weighted by Crippen LogP contribution is 2.42. The van der Waals surface area contributed by atoms with Crippen molar-refractivity contribution in [1.82, 2.24) is 0 Å². The molecule has 4 rings (SSSR count). The highest BCUT2D eigenvalue weighted by molar-refractivity contribution is 7.86. The molecule has 8 heteroatoms. The number of benzene rings is 3.